The summed E-state index contributed by atoms with van der Waals surface area (Å²) in [4.78, 5) is 0. The third kappa shape index (κ3) is 0.756. The van der Waals surface area contributed by atoms with E-state index in [1.165, 1.54) is 18.4 Å². The lowest BCUT2D eigenvalue weighted by atomic mass is 9.49. The highest BCUT2D eigenvalue weighted by atomic mass is 14.5. The van der Waals surface area contributed by atoms with Crippen molar-refractivity contribution in [2.45, 2.75) is 26.7 Å². The van der Waals surface area contributed by atoms with Crippen molar-refractivity contribution in [2.75, 3.05) is 0 Å². The minimum atomic E-state index is 0.568. The normalized spacial score (nSPS) is 38.9. The highest BCUT2D eigenvalue weighted by Crippen LogP contribution is 2.59. The quantitative estimate of drug-likeness (QED) is 0.536. The van der Waals surface area contributed by atoms with Gasteiger partial charge in [-0.25, -0.2) is 0 Å². The Kier molecular flexibility index (Phi) is 1.30. The van der Waals surface area contributed by atoms with E-state index in [0.29, 0.717) is 5.41 Å². The van der Waals surface area contributed by atoms with E-state index >= 15 is 0 Å². The van der Waals surface area contributed by atoms with E-state index < -0.39 is 0 Å². The molecule has 0 amide bonds. The van der Waals surface area contributed by atoms with Crippen molar-refractivity contribution >= 4 is 0 Å². The van der Waals surface area contributed by atoms with Crippen LogP contribution in [0.15, 0.2) is 24.3 Å². The van der Waals surface area contributed by atoms with Crippen molar-refractivity contribution < 1.29 is 0 Å². The first-order valence-electron chi connectivity index (χ1n) is 4.48. The number of fused-ring (bicyclic) bond motifs is 1. The van der Waals surface area contributed by atoms with Gasteiger partial charge in [0.25, 0.3) is 0 Å². The average Bonchev–Trinajstić information content (AvgIpc) is 2.04. The van der Waals surface area contributed by atoms with E-state index in [9.17, 15) is 0 Å². The number of hydrogen-bond acceptors (Lipinski definition) is 0. The van der Waals surface area contributed by atoms with Crippen LogP contribution in [-0.4, -0.2) is 0 Å². The van der Waals surface area contributed by atoms with E-state index in [-0.39, 0.29) is 0 Å². The molecule has 0 aromatic carbocycles. The van der Waals surface area contributed by atoms with Gasteiger partial charge in [0.05, 0.1) is 0 Å². The SMILES string of the molecule is C=CC1=CCC2CC1C2(C)C. The third-order valence-corrected chi connectivity index (χ3v) is 3.75. The summed E-state index contributed by atoms with van der Waals surface area (Å²) in [5.41, 5.74) is 2.07. The van der Waals surface area contributed by atoms with Crippen LogP contribution in [0, 0.1) is 17.3 Å². The summed E-state index contributed by atoms with van der Waals surface area (Å²) in [6, 6.07) is 0. The van der Waals surface area contributed by atoms with Crippen LogP contribution in [0.5, 0.6) is 0 Å². The molecule has 3 aliphatic rings. The molecule has 0 aromatic rings. The number of hydrogen-bond donors (Lipinski definition) is 0. The van der Waals surface area contributed by atoms with Crippen molar-refractivity contribution in [1.29, 1.82) is 0 Å². The second-order valence-corrected chi connectivity index (χ2v) is 4.45. The van der Waals surface area contributed by atoms with Crippen LogP contribution in [0.25, 0.3) is 0 Å². The Morgan fingerprint density at radius 2 is 2.36 bits per heavy atom. The van der Waals surface area contributed by atoms with Gasteiger partial charge in [0, 0.05) is 0 Å². The van der Waals surface area contributed by atoms with Gasteiger partial charge in [-0.1, -0.05) is 32.6 Å². The Labute approximate surface area is 69.0 Å². The van der Waals surface area contributed by atoms with Crippen LogP contribution in [0.3, 0.4) is 0 Å². The molecule has 0 nitrogen and oxygen atoms in total. The minimum Gasteiger partial charge on any atom is -0.0988 e. The van der Waals surface area contributed by atoms with Gasteiger partial charge in [0.1, 0.15) is 0 Å². The molecule has 2 atom stereocenters. The summed E-state index contributed by atoms with van der Waals surface area (Å²) in [7, 11) is 0. The standard InChI is InChI=1S/C11H16/c1-4-8-5-6-9-7-10(8)11(9,2)3/h4-5,9-10H,1,6-7H2,2-3H3. The highest BCUT2D eigenvalue weighted by Gasteiger charge is 2.50. The summed E-state index contributed by atoms with van der Waals surface area (Å²) < 4.78 is 0. The highest BCUT2D eigenvalue weighted by molar-refractivity contribution is 5.30. The minimum absolute atomic E-state index is 0.568. The fourth-order valence-corrected chi connectivity index (χ4v) is 2.63. The van der Waals surface area contributed by atoms with Gasteiger partial charge in [-0.3, -0.25) is 0 Å². The van der Waals surface area contributed by atoms with Gasteiger partial charge >= 0.3 is 0 Å². The fraction of sp³-hybridized carbons (Fsp3) is 0.636. The van der Waals surface area contributed by atoms with E-state index in [4.69, 9.17) is 0 Å². The van der Waals surface area contributed by atoms with E-state index in [1.54, 1.807) is 0 Å². The van der Waals surface area contributed by atoms with Gasteiger partial charge in [0.15, 0.2) is 0 Å². The maximum atomic E-state index is 3.86. The first-order valence-corrected chi connectivity index (χ1v) is 4.48. The molecule has 0 aliphatic heterocycles. The topological polar surface area (TPSA) is 0 Å². The zero-order chi connectivity index (χ0) is 8.06. The zero-order valence-corrected chi connectivity index (χ0v) is 7.43. The molecule has 3 rings (SSSR count). The summed E-state index contributed by atoms with van der Waals surface area (Å²) in [6.45, 7) is 8.64. The molecule has 0 aromatic heterocycles. The maximum absolute atomic E-state index is 3.86. The third-order valence-electron chi connectivity index (χ3n) is 3.75. The number of allylic oxidation sites excluding steroid dienone is 3. The molecule has 0 N–H and O–H groups in total. The van der Waals surface area contributed by atoms with E-state index in [1.807, 2.05) is 6.08 Å². The fourth-order valence-electron chi connectivity index (χ4n) is 2.63. The van der Waals surface area contributed by atoms with Crippen LogP contribution in [0.2, 0.25) is 0 Å². The summed E-state index contributed by atoms with van der Waals surface area (Å²) in [5, 5.41) is 0. The molecule has 0 heterocycles. The van der Waals surface area contributed by atoms with Crippen molar-refractivity contribution in [2.24, 2.45) is 17.3 Å². The Morgan fingerprint density at radius 3 is 2.73 bits per heavy atom. The predicted octanol–water partition coefficient (Wildman–Crippen LogP) is 3.16. The molecule has 11 heavy (non-hydrogen) atoms. The molecule has 2 unspecified atom stereocenters. The smallest absolute Gasteiger partial charge is 0.0108 e. The molecule has 1 saturated carbocycles. The van der Waals surface area contributed by atoms with Crippen LogP contribution >= 0.6 is 0 Å². The Morgan fingerprint density at radius 1 is 1.64 bits per heavy atom. The molecule has 1 fully saturated rings. The van der Waals surface area contributed by atoms with Gasteiger partial charge in [-0.15, -0.1) is 0 Å². The van der Waals surface area contributed by atoms with Gasteiger partial charge < -0.3 is 0 Å². The van der Waals surface area contributed by atoms with Crippen LogP contribution < -0.4 is 0 Å². The maximum Gasteiger partial charge on any atom is -0.0108 e. The Bertz CT molecular complexity index is 220. The van der Waals surface area contributed by atoms with Crippen molar-refractivity contribution in [3.63, 3.8) is 0 Å². The summed E-state index contributed by atoms with van der Waals surface area (Å²) in [6.07, 6.45) is 7.11. The molecule has 0 heteroatoms. The second kappa shape index (κ2) is 2.00. The molecule has 0 saturated heterocycles. The van der Waals surface area contributed by atoms with Crippen LogP contribution in [0.1, 0.15) is 26.7 Å². The lowest BCUT2D eigenvalue weighted by molar-refractivity contribution is -0.00325. The van der Waals surface area contributed by atoms with Crippen molar-refractivity contribution in [3.8, 4) is 0 Å². The van der Waals surface area contributed by atoms with E-state index in [2.05, 4.69) is 26.5 Å². The average molecular weight is 148 g/mol. The predicted molar refractivity (Wildman–Crippen MR) is 48.3 cm³/mol. The zero-order valence-electron chi connectivity index (χ0n) is 7.43. The molecule has 60 valence electrons. The van der Waals surface area contributed by atoms with Crippen molar-refractivity contribution in [3.05, 3.63) is 24.3 Å². The lowest BCUT2D eigenvalue weighted by Crippen LogP contribution is -2.47. The lowest BCUT2D eigenvalue weighted by Gasteiger charge is -2.56. The number of rotatable bonds is 1. The Hall–Kier alpha value is -0.520. The first kappa shape index (κ1) is 7.15. The largest absolute Gasteiger partial charge is 0.0988 e. The van der Waals surface area contributed by atoms with Gasteiger partial charge in [-0.05, 0) is 35.7 Å². The molecular weight excluding hydrogens is 132 g/mol. The van der Waals surface area contributed by atoms with Gasteiger partial charge in [-0.2, -0.15) is 0 Å². The molecule has 3 aliphatic carbocycles. The monoisotopic (exact) mass is 148 g/mol. The molecule has 2 bridgehead atoms. The van der Waals surface area contributed by atoms with Crippen molar-refractivity contribution in [1.82, 2.24) is 0 Å². The van der Waals surface area contributed by atoms with E-state index in [0.717, 1.165) is 11.8 Å². The van der Waals surface area contributed by atoms with Crippen LogP contribution in [-0.2, 0) is 0 Å². The summed E-state index contributed by atoms with van der Waals surface area (Å²) >= 11 is 0. The Balaban J connectivity index is 2.30. The summed E-state index contributed by atoms with van der Waals surface area (Å²) in [5.74, 6) is 1.77. The van der Waals surface area contributed by atoms with Crippen LogP contribution in [0.4, 0.5) is 0 Å². The molecule has 0 radical (unpaired) electrons. The molecule has 0 spiro atoms. The molecular formula is C11H16. The first-order chi connectivity index (χ1) is 5.16. The second-order valence-electron chi connectivity index (χ2n) is 4.45. The van der Waals surface area contributed by atoms with Gasteiger partial charge in [0.2, 0.25) is 0 Å².